The van der Waals surface area contributed by atoms with Gasteiger partial charge in [0.25, 0.3) is 0 Å². The van der Waals surface area contributed by atoms with Crippen molar-refractivity contribution in [3.8, 4) is 23.1 Å². The van der Waals surface area contributed by atoms with E-state index in [-0.39, 0.29) is 22.3 Å². The number of fused-ring (bicyclic) bond motifs is 1. The van der Waals surface area contributed by atoms with Crippen molar-refractivity contribution in [2.75, 3.05) is 17.7 Å². The highest BCUT2D eigenvalue weighted by Gasteiger charge is 2.30. The number of urea groups is 1. The summed E-state index contributed by atoms with van der Waals surface area (Å²) in [4.78, 5) is 21.0. The first-order valence-electron chi connectivity index (χ1n) is 12.4. The Kier molecular flexibility index (Phi) is 8.30. The summed E-state index contributed by atoms with van der Waals surface area (Å²) in [6.07, 6.45) is -3.11. The minimum atomic E-state index is -4.47. The summed E-state index contributed by atoms with van der Waals surface area (Å²) in [5.74, 6) is 1.54. The average Bonchev–Trinajstić information content (AvgIpc) is 2.97. The Bertz CT molecular complexity index is 1720. The Morgan fingerprint density at radius 1 is 0.905 bits per heavy atom. The number of carbonyl (C=O) groups excluding carboxylic acids is 1. The Labute approximate surface area is 243 Å². The SMILES string of the molecule is COc1cc2c(Oc3ccc(NC(=O)Nc4ccc(C(F)(F)F)cc4)c(Cl)c3)ncnc2cc1OCc1ccccc1. The first-order valence-corrected chi connectivity index (χ1v) is 12.8. The zero-order valence-corrected chi connectivity index (χ0v) is 22.7. The van der Waals surface area contributed by atoms with E-state index in [1.165, 1.54) is 25.6 Å². The van der Waals surface area contributed by atoms with Gasteiger partial charge in [-0.2, -0.15) is 13.2 Å². The molecule has 0 radical (unpaired) electrons. The van der Waals surface area contributed by atoms with Crippen LogP contribution in [0.3, 0.4) is 0 Å². The Hall–Kier alpha value is -5.03. The second kappa shape index (κ2) is 12.2. The fourth-order valence-electron chi connectivity index (χ4n) is 3.93. The molecule has 42 heavy (non-hydrogen) atoms. The van der Waals surface area contributed by atoms with Crippen LogP contribution in [0.5, 0.6) is 23.1 Å². The van der Waals surface area contributed by atoms with Crippen LogP contribution in [-0.4, -0.2) is 23.1 Å². The fraction of sp³-hybridized carbons (Fsp3) is 0.100. The number of amides is 2. The van der Waals surface area contributed by atoms with Gasteiger partial charge in [0.15, 0.2) is 11.5 Å². The molecule has 0 atom stereocenters. The van der Waals surface area contributed by atoms with Gasteiger partial charge in [0.1, 0.15) is 18.7 Å². The number of hydrogen-bond donors (Lipinski definition) is 2. The predicted octanol–water partition coefficient (Wildman–Crippen LogP) is 8.33. The number of nitrogens with one attached hydrogen (secondary N) is 2. The second-order valence-electron chi connectivity index (χ2n) is 8.87. The molecule has 0 aliphatic heterocycles. The van der Waals surface area contributed by atoms with Gasteiger partial charge in [-0.05, 0) is 48.0 Å². The van der Waals surface area contributed by atoms with Gasteiger partial charge in [-0.15, -0.1) is 0 Å². The van der Waals surface area contributed by atoms with Gasteiger partial charge >= 0.3 is 12.2 Å². The van der Waals surface area contributed by atoms with E-state index in [0.29, 0.717) is 34.8 Å². The number of hydrogen-bond acceptors (Lipinski definition) is 6. The summed E-state index contributed by atoms with van der Waals surface area (Å²) in [6, 6.07) is 21.1. The predicted molar refractivity (Wildman–Crippen MR) is 152 cm³/mol. The number of benzene rings is 4. The molecule has 1 aromatic heterocycles. The lowest BCUT2D eigenvalue weighted by atomic mass is 10.2. The monoisotopic (exact) mass is 594 g/mol. The number of methoxy groups -OCH3 is 1. The zero-order chi connectivity index (χ0) is 29.7. The molecular weight excluding hydrogens is 573 g/mol. The van der Waals surface area contributed by atoms with Crippen molar-refractivity contribution in [2.45, 2.75) is 12.8 Å². The molecule has 0 aliphatic rings. The summed E-state index contributed by atoms with van der Waals surface area (Å²) in [7, 11) is 1.53. The standard InChI is InChI=1S/C30H22ClF3N4O4/c1-40-26-14-22-25(15-27(26)41-16-18-5-3-2-4-6-18)35-17-36-28(22)42-21-11-12-24(23(31)13-21)38-29(39)37-20-9-7-19(8-10-20)30(32,33)34/h2-15,17H,16H2,1H3,(H2,37,38,39). The van der Waals surface area contributed by atoms with Crippen molar-refractivity contribution in [1.29, 1.82) is 0 Å². The topological polar surface area (TPSA) is 94.6 Å². The van der Waals surface area contributed by atoms with Crippen molar-refractivity contribution >= 4 is 39.9 Å². The van der Waals surface area contributed by atoms with E-state index >= 15 is 0 Å². The van der Waals surface area contributed by atoms with Gasteiger partial charge < -0.3 is 24.8 Å². The van der Waals surface area contributed by atoms with Gasteiger partial charge in [0.2, 0.25) is 5.88 Å². The van der Waals surface area contributed by atoms with Crippen LogP contribution < -0.4 is 24.8 Å². The largest absolute Gasteiger partial charge is 0.493 e. The number of aromatic nitrogens is 2. The van der Waals surface area contributed by atoms with Gasteiger partial charge in [-0.3, -0.25) is 0 Å². The molecule has 4 aromatic carbocycles. The molecule has 214 valence electrons. The van der Waals surface area contributed by atoms with Crippen LogP contribution in [0.15, 0.2) is 91.3 Å². The molecule has 5 aromatic rings. The van der Waals surface area contributed by atoms with E-state index in [0.717, 1.165) is 29.8 Å². The van der Waals surface area contributed by atoms with Crippen LogP contribution in [0.4, 0.5) is 29.3 Å². The molecule has 0 spiro atoms. The number of halogens is 4. The second-order valence-corrected chi connectivity index (χ2v) is 9.28. The highest BCUT2D eigenvalue weighted by molar-refractivity contribution is 6.34. The lowest BCUT2D eigenvalue weighted by molar-refractivity contribution is -0.137. The summed E-state index contributed by atoms with van der Waals surface area (Å²) >= 11 is 6.37. The molecule has 8 nitrogen and oxygen atoms in total. The molecule has 12 heteroatoms. The van der Waals surface area contributed by atoms with Crippen LogP contribution in [0, 0.1) is 0 Å². The van der Waals surface area contributed by atoms with E-state index in [4.69, 9.17) is 25.8 Å². The molecule has 2 amide bonds. The quantitative estimate of drug-likeness (QED) is 0.188. The molecule has 0 aliphatic carbocycles. The molecule has 0 saturated carbocycles. The average molecular weight is 595 g/mol. The third kappa shape index (κ3) is 6.81. The fourth-order valence-corrected chi connectivity index (χ4v) is 4.15. The van der Waals surface area contributed by atoms with Gasteiger partial charge in [-0.1, -0.05) is 41.9 Å². The van der Waals surface area contributed by atoms with Gasteiger partial charge in [0, 0.05) is 17.8 Å². The first-order chi connectivity index (χ1) is 20.2. The Balaban J connectivity index is 1.28. The highest BCUT2D eigenvalue weighted by Crippen LogP contribution is 2.37. The molecule has 1 heterocycles. The van der Waals surface area contributed by atoms with Crippen LogP contribution in [0.1, 0.15) is 11.1 Å². The summed E-state index contributed by atoms with van der Waals surface area (Å²) in [5, 5.41) is 5.73. The smallest absolute Gasteiger partial charge is 0.416 e. The molecule has 2 N–H and O–H groups in total. The number of nitrogens with zero attached hydrogens (tertiary/aromatic N) is 2. The van der Waals surface area contributed by atoms with E-state index in [1.807, 2.05) is 30.3 Å². The van der Waals surface area contributed by atoms with Crippen LogP contribution in [0.2, 0.25) is 5.02 Å². The van der Waals surface area contributed by atoms with Crippen molar-refractivity contribution in [2.24, 2.45) is 0 Å². The Morgan fingerprint density at radius 2 is 1.67 bits per heavy atom. The third-order valence-corrected chi connectivity index (χ3v) is 6.31. The number of carbonyl (C=O) groups is 1. The molecular formula is C30H22ClF3N4O4. The number of ether oxygens (including phenoxy) is 3. The van der Waals surface area contributed by atoms with Gasteiger partial charge in [0.05, 0.1) is 34.3 Å². The Morgan fingerprint density at radius 3 is 2.36 bits per heavy atom. The van der Waals surface area contributed by atoms with E-state index < -0.39 is 17.8 Å². The number of rotatable bonds is 8. The van der Waals surface area contributed by atoms with Crippen molar-refractivity contribution < 1.29 is 32.2 Å². The summed E-state index contributed by atoms with van der Waals surface area (Å²) < 4.78 is 55.7. The lowest BCUT2D eigenvalue weighted by Gasteiger charge is -2.14. The lowest BCUT2D eigenvalue weighted by Crippen LogP contribution is -2.19. The van der Waals surface area contributed by atoms with Crippen LogP contribution in [0.25, 0.3) is 10.9 Å². The summed E-state index contributed by atoms with van der Waals surface area (Å²) in [5.41, 5.74) is 1.17. The maximum Gasteiger partial charge on any atom is 0.416 e. The maximum absolute atomic E-state index is 12.8. The number of anilines is 2. The van der Waals surface area contributed by atoms with Gasteiger partial charge in [-0.25, -0.2) is 14.8 Å². The molecule has 0 fully saturated rings. The maximum atomic E-state index is 12.8. The first kappa shape index (κ1) is 28.5. The highest BCUT2D eigenvalue weighted by atomic mass is 35.5. The van der Waals surface area contributed by atoms with Crippen molar-refractivity contribution in [3.63, 3.8) is 0 Å². The molecule has 0 bridgehead atoms. The minimum absolute atomic E-state index is 0.155. The summed E-state index contributed by atoms with van der Waals surface area (Å²) in [6.45, 7) is 0.346. The van der Waals surface area contributed by atoms with Crippen molar-refractivity contribution in [1.82, 2.24) is 9.97 Å². The van der Waals surface area contributed by atoms with E-state index in [1.54, 1.807) is 18.2 Å². The van der Waals surface area contributed by atoms with Crippen LogP contribution >= 0.6 is 11.6 Å². The van der Waals surface area contributed by atoms with Crippen LogP contribution in [-0.2, 0) is 12.8 Å². The van der Waals surface area contributed by atoms with Crippen molar-refractivity contribution in [3.05, 3.63) is 107 Å². The molecule has 0 saturated heterocycles. The normalized spacial score (nSPS) is 11.2. The number of alkyl halides is 3. The molecule has 5 rings (SSSR count). The van der Waals surface area contributed by atoms with E-state index in [2.05, 4.69) is 20.6 Å². The molecule has 0 unspecified atom stereocenters. The third-order valence-electron chi connectivity index (χ3n) is 5.99. The minimum Gasteiger partial charge on any atom is -0.493 e. The zero-order valence-electron chi connectivity index (χ0n) is 21.9. The van der Waals surface area contributed by atoms with E-state index in [9.17, 15) is 18.0 Å².